The Morgan fingerprint density at radius 2 is 1.55 bits per heavy atom. The normalized spacial score (nSPS) is 14.2. The van der Waals surface area contributed by atoms with Crippen LogP contribution in [-0.4, -0.2) is 59.9 Å². The number of hydrogen-bond acceptors (Lipinski definition) is 5. The Balaban J connectivity index is 1.46. The molecule has 4 N–H and O–H groups in total. The lowest BCUT2D eigenvalue weighted by Crippen LogP contribution is -2.43. The van der Waals surface area contributed by atoms with E-state index in [1.165, 1.54) is 0 Å². The molecule has 8 nitrogen and oxygen atoms in total. The van der Waals surface area contributed by atoms with Gasteiger partial charge in [0.05, 0.1) is 18.9 Å². The summed E-state index contributed by atoms with van der Waals surface area (Å²) in [6, 6.07) is 13.8. The maximum Gasteiger partial charge on any atom is 0.407 e. The first kappa shape index (κ1) is 24.1. The van der Waals surface area contributed by atoms with Gasteiger partial charge in [-0.2, -0.15) is 0 Å². The second-order valence-corrected chi connectivity index (χ2v) is 7.67. The Bertz CT molecular complexity index is 970. The summed E-state index contributed by atoms with van der Waals surface area (Å²) in [5, 5.41) is 22.7. The number of nitrogens with one attached hydrogen (secondary N) is 2. The zero-order chi connectivity index (χ0) is 24.0. The largest absolute Gasteiger partial charge is 0.481 e. The number of carboxylic acid groups (broad SMARTS) is 1. The van der Waals surface area contributed by atoms with Crippen molar-refractivity contribution in [1.82, 2.24) is 10.6 Å². The first-order chi connectivity index (χ1) is 15.8. The van der Waals surface area contributed by atoms with Crippen molar-refractivity contribution in [2.24, 2.45) is 0 Å². The summed E-state index contributed by atoms with van der Waals surface area (Å²) in [5.41, 5.74) is 4.23. The lowest BCUT2D eigenvalue weighted by Gasteiger charge is -2.18. The van der Waals surface area contributed by atoms with Crippen LogP contribution in [0.1, 0.15) is 29.9 Å². The number of carbonyl (C=O) groups excluding carboxylic acids is 2. The van der Waals surface area contributed by atoms with Crippen LogP contribution in [-0.2, 0) is 14.3 Å². The summed E-state index contributed by atoms with van der Waals surface area (Å²) in [5.74, 6) is -2.58. The quantitative estimate of drug-likeness (QED) is 0.430. The van der Waals surface area contributed by atoms with Gasteiger partial charge in [-0.3, -0.25) is 9.59 Å². The van der Waals surface area contributed by atoms with Gasteiger partial charge in [-0.15, -0.1) is 0 Å². The van der Waals surface area contributed by atoms with E-state index in [1.807, 2.05) is 53.8 Å². The summed E-state index contributed by atoms with van der Waals surface area (Å²) in [6.45, 7) is -0.274. The lowest BCUT2D eigenvalue weighted by atomic mass is 9.98. The molecule has 0 saturated heterocycles. The third kappa shape index (κ3) is 6.26. The van der Waals surface area contributed by atoms with E-state index < -0.39 is 49.4 Å². The number of carboxylic acids is 1. The number of aliphatic hydroxyl groups excluding tert-OH is 1. The van der Waals surface area contributed by atoms with Gasteiger partial charge in [0.15, 0.2) is 0 Å². The Morgan fingerprint density at radius 3 is 2.09 bits per heavy atom. The summed E-state index contributed by atoms with van der Waals surface area (Å²) < 4.78 is 30.9. The Morgan fingerprint density at radius 1 is 0.970 bits per heavy atom. The number of carbonyl (C=O) groups is 3. The third-order valence-corrected chi connectivity index (χ3v) is 5.29. The van der Waals surface area contributed by atoms with Crippen LogP contribution in [0.4, 0.5) is 13.6 Å². The number of fused-ring (bicyclic) bond motifs is 3. The van der Waals surface area contributed by atoms with Gasteiger partial charge in [0.25, 0.3) is 6.43 Å². The molecule has 2 unspecified atom stereocenters. The zero-order valence-corrected chi connectivity index (χ0v) is 17.5. The fourth-order valence-corrected chi connectivity index (χ4v) is 3.79. The summed E-state index contributed by atoms with van der Waals surface area (Å²) >= 11 is 0. The van der Waals surface area contributed by atoms with E-state index in [0.717, 1.165) is 22.3 Å². The number of aliphatic carboxylic acids is 1. The number of halogens is 2. The van der Waals surface area contributed by atoms with Crippen LogP contribution in [0.5, 0.6) is 0 Å². The van der Waals surface area contributed by atoms with E-state index in [4.69, 9.17) is 9.84 Å². The molecule has 0 heterocycles. The van der Waals surface area contributed by atoms with E-state index in [-0.39, 0.29) is 19.1 Å². The number of alkyl halides is 2. The minimum absolute atomic E-state index is 0.0711. The highest BCUT2D eigenvalue weighted by Gasteiger charge is 2.29. The lowest BCUT2D eigenvalue weighted by molar-refractivity contribution is -0.139. The van der Waals surface area contributed by atoms with Gasteiger partial charge in [-0.1, -0.05) is 48.5 Å². The van der Waals surface area contributed by atoms with E-state index in [9.17, 15) is 28.3 Å². The van der Waals surface area contributed by atoms with Crippen molar-refractivity contribution in [2.75, 3.05) is 13.2 Å². The predicted molar refractivity (Wildman–Crippen MR) is 114 cm³/mol. The Kier molecular flexibility index (Phi) is 7.94. The second-order valence-electron chi connectivity index (χ2n) is 7.67. The van der Waals surface area contributed by atoms with Gasteiger partial charge < -0.3 is 25.6 Å². The standard InChI is InChI=1S/C23H24F2N2O6/c24-22(25)19(10-21(30)31)27-20(29)9-13(28)11-26-23(32)33-12-18-16-7-3-1-5-14(16)15-6-2-4-8-17(15)18/h1-8,13,18-19,22,28H,9-12H2,(H,26,32)(H,27,29)(H,30,31). The van der Waals surface area contributed by atoms with Gasteiger partial charge >= 0.3 is 12.1 Å². The molecular formula is C23H24F2N2O6. The minimum Gasteiger partial charge on any atom is -0.481 e. The molecule has 176 valence electrons. The number of alkyl carbamates (subject to hydrolysis) is 1. The van der Waals surface area contributed by atoms with Crippen LogP contribution in [0.3, 0.4) is 0 Å². The number of hydrogen-bond donors (Lipinski definition) is 4. The first-order valence-corrected chi connectivity index (χ1v) is 10.3. The highest BCUT2D eigenvalue weighted by Crippen LogP contribution is 2.44. The summed E-state index contributed by atoms with van der Waals surface area (Å²) in [6.07, 6.45) is -6.77. The van der Waals surface area contributed by atoms with Crippen LogP contribution >= 0.6 is 0 Å². The average Bonchev–Trinajstić information content (AvgIpc) is 3.09. The molecule has 0 bridgehead atoms. The number of rotatable bonds is 10. The Hall–Kier alpha value is -3.53. The van der Waals surface area contributed by atoms with E-state index in [1.54, 1.807) is 0 Å². The molecule has 2 atom stereocenters. The molecule has 33 heavy (non-hydrogen) atoms. The van der Waals surface area contributed by atoms with Gasteiger partial charge in [-0.25, -0.2) is 13.6 Å². The maximum absolute atomic E-state index is 12.8. The monoisotopic (exact) mass is 462 g/mol. The SMILES string of the molecule is O=C(O)CC(NC(=O)CC(O)CNC(=O)OCC1c2ccccc2-c2ccccc21)C(F)F. The Labute approximate surface area is 188 Å². The fourth-order valence-electron chi connectivity index (χ4n) is 3.79. The molecule has 0 saturated carbocycles. The average molecular weight is 462 g/mol. The van der Waals surface area contributed by atoms with Crippen LogP contribution in [0.25, 0.3) is 11.1 Å². The number of amides is 2. The number of aliphatic hydroxyl groups is 1. The van der Waals surface area contributed by atoms with Crippen LogP contribution < -0.4 is 10.6 Å². The zero-order valence-electron chi connectivity index (χ0n) is 17.5. The highest BCUT2D eigenvalue weighted by molar-refractivity contribution is 5.79. The molecule has 0 spiro atoms. The van der Waals surface area contributed by atoms with Crippen molar-refractivity contribution in [2.45, 2.75) is 37.3 Å². The van der Waals surface area contributed by atoms with Gasteiger partial charge in [-0.05, 0) is 22.3 Å². The molecule has 0 aromatic heterocycles. The van der Waals surface area contributed by atoms with Crippen molar-refractivity contribution in [1.29, 1.82) is 0 Å². The predicted octanol–water partition coefficient (Wildman–Crippen LogP) is 2.50. The van der Waals surface area contributed by atoms with Crippen molar-refractivity contribution in [3.8, 4) is 11.1 Å². The molecule has 0 aliphatic heterocycles. The van der Waals surface area contributed by atoms with Crippen LogP contribution in [0, 0.1) is 0 Å². The fraction of sp³-hybridized carbons (Fsp3) is 0.348. The van der Waals surface area contributed by atoms with Gasteiger partial charge in [0.2, 0.25) is 5.91 Å². The van der Waals surface area contributed by atoms with Crippen LogP contribution in [0.2, 0.25) is 0 Å². The molecule has 2 aromatic rings. The molecule has 2 aromatic carbocycles. The maximum atomic E-state index is 12.8. The number of benzene rings is 2. The third-order valence-electron chi connectivity index (χ3n) is 5.29. The van der Waals surface area contributed by atoms with Crippen molar-refractivity contribution < 1.29 is 38.1 Å². The molecule has 3 rings (SSSR count). The van der Waals surface area contributed by atoms with Gasteiger partial charge in [0.1, 0.15) is 12.6 Å². The molecule has 0 fully saturated rings. The van der Waals surface area contributed by atoms with Crippen molar-refractivity contribution >= 4 is 18.0 Å². The molecule has 1 aliphatic rings. The second kappa shape index (κ2) is 10.9. The molecule has 1 aliphatic carbocycles. The molecule has 2 amide bonds. The van der Waals surface area contributed by atoms with Crippen molar-refractivity contribution in [3.63, 3.8) is 0 Å². The van der Waals surface area contributed by atoms with Crippen LogP contribution in [0.15, 0.2) is 48.5 Å². The smallest absolute Gasteiger partial charge is 0.407 e. The summed E-state index contributed by atoms with van der Waals surface area (Å²) in [7, 11) is 0. The molecular weight excluding hydrogens is 438 g/mol. The van der Waals surface area contributed by atoms with E-state index >= 15 is 0 Å². The van der Waals surface area contributed by atoms with Crippen molar-refractivity contribution in [3.05, 3.63) is 59.7 Å². The molecule has 0 radical (unpaired) electrons. The first-order valence-electron chi connectivity index (χ1n) is 10.3. The minimum atomic E-state index is -3.07. The highest BCUT2D eigenvalue weighted by atomic mass is 19.3. The molecule has 10 heteroatoms. The summed E-state index contributed by atoms with van der Waals surface area (Å²) in [4.78, 5) is 34.5. The topological polar surface area (TPSA) is 125 Å². The number of ether oxygens (including phenoxy) is 1. The van der Waals surface area contributed by atoms with E-state index in [2.05, 4.69) is 5.32 Å². The van der Waals surface area contributed by atoms with E-state index in [0.29, 0.717) is 0 Å². The van der Waals surface area contributed by atoms with Gasteiger partial charge in [0, 0.05) is 12.5 Å².